The lowest BCUT2D eigenvalue weighted by molar-refractivity contribution is -0.125. The summed E-state index contributed by atoms with van der Waals surface area (Å²) < 4.78 is 22.6. The van der Waals surface area contributed by atoms with E-state index in [0.717, 1.165) is 38.8 Å². The standard InChI is InChI=1S/C12H22N2O3S.ClH/c1-18(16,17)9-12(4-5-12)8-14-11(15)10-3-2-6-13-7-10;/h10,13H,2-9H2,1H3,(H,14,15);1H. The summed E-state index contributed by atoms with van der Waals surface area (Å²) in [4.78, 5) is 11.9. The summed E-state index contributed by atoms with van der Waals surface area (Å²) in [6.45, 7) is 2.24. The molecule has 2 fully saturated rings. The van der Waals surface area contributed by atoms with Crippen molar-refractivity contribution >= 4 is 28.2 Å². The van der Waals surface area contributed by atoms with E-state index in [0.29, 0.717) is 6.54 Å². The fourth-order valence-electron chi connectivity index (χ4n) is 2.60. The highest BCUT2D eigenvalue weighted by molar-refractivity contribution is 7.90. The van der Waals surface area contributed by atoms with Crippen LogP contribution in [0.4, 0.5) is 0 Å². The van der Waals surface area contributed by atoms with Gasteiger partial charge in [0.2, 0.25) is 5.91 Å². The van der Waals surface area contributed by atoms with Crippen LogP contribution in [0.2, 0.25) is 0 Å². The molecule has 1 aliphatic heterocycles. The van der Waals surface area contributed by atoms with Gasteiger partial charge in [0.25, 0.3) is 0 Å². The van der Waals surface area contributed by atoms with Crippen molar-refractivity contribution in [2.45, 2.75) is 25.7 Å². The summed E-state index contributed by atoms with van der Waals surface area (Å²) >= 11 is 0. The van der Waals surface area contributed by atoms with Gasteiger partial charge >= 0.3 is 0 Å². The van der Waals surface area contributed by atoms with Gasteiger partial charge in [-0.15, -0.1) is 12.4 Å². The molecule has 19 heavy (non-hydrogen) atoms. The molecule has 0 aromatic rings. The van der Waals surface area contributed by atoms with Gasteiger partial charge in [-0.25, -0.2) is 8.42 Å². The molecule has 1 heterocycles. The van der Waals surface area contributed by atoms with Crippen molar-refractivity contribution < 1.29 is 13.2 Å². The van der Waals surface area contributed by atoms with E-state index in [1.165, 1.54) is 6.26 Å². The molecule has 2 N–H and O–H groups in total. The minimum Gasteiger partial charge on any atom is -0.355 e. The van der Waals surface area contributed by atoms with Crippen molar-refractivity contribution in [3.05, 3.63) is 0 Å². The van der Waals surface area contributed by atoms with Gasteiger partial charge in [-0.3, -0.25) is 4.79 Å². The summed E-state index contributed by atoms with van der Waals surface area (Å²) in [5, 5.41) is 6.14. The number of piperidine rings is 1. The summed E-state index contributed by atoms with van der Waals surface area (Å²) in [7, 11) is -2.96. The van der Waals surface area contributed by atoms with Crippen molar-refractivity contribution in [1.29, 1.82) is 0 Å². The second kappa shape index (κ2) is 6.41. The lowest BCUT2D eigenvalue weighted by Gasteiger charge is -2.23. The predicted molar refractivity (Wildman–Crippen MR) is 77.2 cm³/mol. The third-order valence-corrected chi connectivity index (χ3v) is 4.97. The molecule has 1 aliphatic carbocycles. The highest BCUT2D eigenvalue weighted by atomic mass is 35.5. The summed E-state index contributed by atoms with van der Waals surface area (Å²) in [6.07, 6.45) is 5.04. The molecule has 0 aromatic heterocycles. The van der Waals surface area contributed by atoms with E-state index in [1.54, 1.807) is 0 Å². The van der Waals surface area contributed by atoms with Crippen molar-refractivity contribution in [3.8, 4) is 0 Å². The fourth-order valence-corrected chi connectivity index (χ4v) is 4.10. The van der Waals surface area contributed by atoms with Crippen LogP contribution in [0.1, 0.15) is 25.7 Å². The molecular weight excluding hydrogens is 288 g/mol. The molecule has 1 unspecified atom stereocenters. The maximum absolute atomic E-state index is 11.9. The first-order chi connectivity index (χ1) is 8.40. The zero-order chi connectivity index (χ0) is 13.2. The number of halogens is 1. The topological polar surface area (TPSA) is 75.3 Å². The number of nitrogens with one attached hydrogen (secondary N) is 2. The summed E-state index contributed by atoms with van der Waals surface area (Å²) in [5.74, 6) is 0.318. The molecule has 0 aromatic carbocycles. The number of carbonyl (C=O) groups excluding carboxylic acids is 1. The number of sulfone groups is 1. The van der Waals surface area contributed by atoms with Crippen LogP contribution in [-0.4, -0.2) is 46.0 Å². The van der Waals surface area contributed by atoms with Crippen LogP contribution in [-0.2, 0) is 14.6 Å². The third kappa shape index (κ3) is 5.28. The van der Waals surface area contributed by atoms with Gasteiger partial charge in [-0.1, -0.05) is 0 Å². The van der Waals surface area contributed by atoms with Crippen molar-refractivity contribution in [1.82, 2.24) is 10.6 Å². The second-order valence-electron chi connectivity index (χ2n) is 5.83. The number of rotatable bonds is 5. The Morgan fingerprint density at radius 3 is 2.58 bits per heavy atom. The first kappa shape index (κ1) is 16.7. The van der Waals surface area contributed by atoms with Crippen LogP contribution in [0.5, 0.6) is 0 Å². The molecule has 0 bridgehead atoms. The molecule has 112 valence electrons. The predicted octanol–water partition coefficient (Wildman–Crippen LogP) is 0.349. The van der Waals surface area contributed by atoms with Gasteiger partial charge in [0, 0.05) is 24.8 Å². The van der Waals surface area contributed by atoms with Crippen LogP contribution in [0.25, 0.3) is 0 Å². The molecule has 2 rings (SSSR count). The summed E-state index contributed by atoms with van der Waals surface area (Å²) in [5.41, 5.74) is -0.175. The number of hydrogen-bond donors (Lipinski definition) is 2. The Hall–Kier alpha value is -0.330. The maximum Gasteiger partial charge on any atom is 0.224 e. The van der Waals surface area contributed by atoms with E-state index < -0.39 is 9.84 Å². The largest absolute Gasteiger partial charge is 0.355 e. The molecule has 0 radical (unpaired) electrons. The highest BCUT2D eigenvalue weighted by Crippen LogP contribution is 2.46. The molecule has 1 amide bonds. The molecule has 0 spiro atoms. The Bertz CT molecular complexity index is 415. The molecule has 1 saturated heterocycles. The first-order valence-electron chi connectivity index (χ1n) is 6.56. The Morgan fingerprint density at radius 1 is 1.42 bits per heavy atom. The Labute approximate surface area is 121 Å². The number of amides is 1. The minimum atomic E-state index is -2.96. The van der Waals surface area contributed by atoms with Gasteiger partial charge in [-0.2, -0.15) is 0 Å². The van der Waals surface area contributed by atoms with Crippen LogP contribution in [0.3, 0.4) is 0 Å². The van der Waals surface area contributed by atoms with Crippen LogP contribution >= 0.6 is 12.4 Å². The SMILES string of the molecule is CS(=O)(=O)CC1(CNC(=O)C2CCCNC2)CC1.Cl. The van der Waals surface area contributed by atoms with Crippen molar-refractivity contribution in [3.63, 3.8) is 0 Å². The van der Waals surface area contributed by atoms with E-state index >= 15 is 0 Å². The van der Waals surface area contributed by atoms with Crippen molar-refractivity contribution in [2.75, 3.05) is 31.6 Å². The van der Waals surface area contributed by atoms with E-state index in [-0.39, 0.29) is 35.4 Å². The molecular formula is C12H23ClN2O3S. The molecule has 1 saturated carbocycles. The van der Waals surface area contributed by atoms with Crippen molar-refractivity contribution in [2.24, 2.45) is 11.3 Å². The van der Waals surface area contributed by atoms with Crippen LogP contribution in [0, 0.1) is 11.3 Å². The smallest absolute Gasteiger partial charge is 0.224 e. The zero-order valence-corrected chi connectivity index (χ0v) is 12.9. The second-order valence-corrected chi connectivity index (χ2v) is 7.97. The van der Waals surface area contributed by atoms with Gasteiger partial charge in [0.1, 0.15) is 9.84 Å². The first-order valence-corrected chi connectivity index (χ1v) is 8.62. The summed E-state index contributed by atoms with van der Waals surface area (Å²) in [6, 6.07) is 0. The third-order valence-electron chi connectivity index (χ3n) is 3.83. The average molecular weight is 311 g/mol. The quantitative estimate of drug-likeness (QED) is 0.768. The van der Waals surface area contributed by atoms with E-state index in [1.807, 2.05) is 0 Å². The maximum atomic E-state index is 11.9. The molecule has 7 heteroatoms. The molecule has 1 atom stereocenters. The number of carbonyl (C=O) groups is 1. The minimum absolute atomic E-state index is 0. The molecule has 2 aliphatic rings. The Morgan fingerprint density at radius 2 is 2.11 bits per heavy atom. The Balaban J connectivity index is 0.00000180. The van der Waals surface area contributed by atoms with E-state index in [2.05, 4.69) is 10.6 Å². The number of hydrogen-bond acceptors (Lipinski definition) is 4. The van der Waals surface area contributed by atoms with Gasteiger partial charge < -0.3 is 10.6 Å². The normalized spacial score (nSPS) is 25.2. The zero-order valence-electron chi connectivity index (χ0n) is 11.3. The van der Waals surface area contributed by atoms with Gasteiger partial charge in [0.15, 0.2) is 0 Å². The lowest BCUT2D eigenvalue weighted by atomic mass is 9.98. The van der Waals surface area contributed by atoms with Gasteiger partial charge in [0.05, 0.1) is 11.7 Å². The fraction of sp³-hybridized carbons (Fsp3) is 0.917. The highest BCUT2D eigenvalue weighted by Gasteiger charge is 2.45. The van der Waals surface area contributed by atoms with E-state index in [4.69, 9.17) is 0 Å². The Kier molecular flexibility index (Phi) is 5.65. The molecule has 5 nitrogen and oxygen atoms in total. The lowest BCUT2D eigenvalue weighted by Crippen LogP contribution is -2.43. The van der Waals surface area contributed by atoms with Gasteiger partial charge in [-0.05, 0) is 32.2 Å². The monoisotopic (exact) mass is 310 g/mol. The van der Waals surface area contributed by atoms with Crippen LogP contribution < -0.4 is 10.6 Å². The average Bonchev–Trinajstić information content (AvgIpc) is 3.05. The van der Waals surface area contributed by atoms with Crippen LogP contribution in [0.15, 0.2) is 0 Å². The van der Waals surface area contributed by atoms with E-state index in [9.17, 15) is 13.2 Å².